The van der Waals surface area contributed by atoms with Gasteiger partial charge in [-0.1, -0.05) is 61.0 Å². The number of Topliss-reactive ketones (excluding diaryl/α,β-unsaturated/α-hetero) is 2. The second-order valence-corrected chi connectivity index (χ2v) is 13.9. The van der Waals surface area contributed by atoms with Crippen LogP contribution in [0.25, 0.3) is 0 Å². The topological polar surface area (TPSA) is 109 Å². The van der Waals surface area contributed by atoms with Crippen molar-refractivity contribution in [3.8, 4) is 5.75 Å². The van der Waals surface area contributed by atoms with E-state index < -0.39 is 35.0 Å². The molecule has 1 heterocycles. The van der Waals surface area contributed by atoms with E-state index in [9.17, 15) is 29.1 Å². The summed E-state index contributed by atoms with van der Waals surface area (Å²) in [5, 5.41) is 10.6. The molecule has 7 nitrogen and oxygen atoms in total. The first-order chi connectivity index (χ1) is 22.4. The molecule has 7 heteroatoms. The Morgan fingerprint density at radius 2 is 1.43 bits per heavy atom. The van der Waals surface area contributed by atoms with Crippen molar-refractivity contribution in [2.45, 2.75) is 53.4 Å². The lowest BCUT2D eigenvalue weighted by atomic mass is 9.46. The molecule has 0 spiro atoms. The number of aromatic hydroxyl groups is 1. The van der Waals surface area contributed by atoms with Gasteiger partial charge in [-0.05, 0) is 98.6 Å². The molecule has 1 saturated carbocycles. The summed E-state index contributed by atoms with van der Waals surface area (Å²) < 4.78 is 0. The molecule has 1 saturated heterocycles. The maximum Gasteiger partial charge on any atom is 0.238 e. The average molecular weight is 628 g/mol. The van der Waals surface area contributed by atoms with Gasteiger partial charge in [-0.2, -0.15) is 0 Å². The van der Waals surface area contributed by atoms with E-state index in [1.54, 1.807) is 62.4 Å². The van der Waals surface area contributed by atoms with Crippen LogP contribution >= 0.6 is 0 Å². The lowest BCUT2D eigenvalue weighted by molar-refractivity contribution is -0.142. The Labute approximate surface area is 274 Å². The van der Waals surface area contributed by atoms with Gasteiger partial charge in [0.2, 0.25) is 11.8 Å². The molecule has 7 rings (SSSR count). The Kier molecular flexibility index (Phi) is 7.08. The fourth-order valence-electron chi connectivity index (χ4n) is 8.89. The van der Waals surface area contributed by atoms with Gasteiger partial charge in [-0.15, -0.1) is 0 Å². The predicted octanol–water partition coefficient (Wildman–Crippen LogP) is 6.59. The number of ketones is 3. The van der Waals surface area contributed by atoms with Crippen molar-refractivity contribution in [3.63, 3.8) is 0 Å². The van der Waals surface area contributed by atoms with Crippen molar-refractivity contribution in [3.05, 3.63) is 117 Å². The minimum Gasteiger partial charge on any atom is -0.507 e. The highest BCUT2D eigenvalue weighted by Gasteiger charge is 2.64. The zero-order chi connectivity index (χ0) is 33.5. The van der Waals surface area contributed by atoms with Crippen molar-refractivity contribution in [1.82, 2.24) is 0 Å². The third-order valence-electron chi connectivity index (χ3n) is 11.4. The van der Waals surface area contributed by atoms with Crippen molar-refractivity contribution in [1.29, 1.82) is 0 Å². The fraction of sp³-hybridized carbons (Fsp3) is 0.325. The number of phenolic OH excluding ortho intramolecular Hbond substituents is 1. The Morgan fingerprint density at radius 1 is 0.809 bits per heavy atom. The molecule has 0 bridgehead atoms. The molecule has 6 atom stereocenters. The van der Waals surface area contributed by atoms with Crippen LogP contribution in [0, 0.1) is 42.9 Å². The summed E-state index contributed by atoms with van der Waals surface area (Å²) in [6, 6.07) is 19.2. The van der Waals surface area contributed by atoms with Crippen LogP contribution in [0.4, 0.5) is 5.69 Å². The highest BCUT2D eigenvalue weighted by Crippen LogP contribution is 2.63. The number of nitrogens with zero attached hydrogens (tertiary/aromatic N) is 1. The fourth-order valence-corrected chi connectivity index (χ4v) is 8.89. The van der Waals surface area contributed by atoms with E-state index in [0.717, 1.165) is 11.1 Å². The number of carbonyl (C=O) groups is 5. The van der Waals surface area contributed by atoms with Crippen molar-refractivity contribution in [2.24, 2.45) is 29.1 Å². The molecule has 2 fully saturated rings. The minimum atomic E-state index is -1.09. The molecular formula is C40H37NO6. The number of hydrogen-bond donors (Lipinski definition) is 1. The molecule has 3 aliphatic carbocycles. The number of phenols is 1. The van der Waals surface area contributed by atoms with Gasteiger partial charge in [0.1, 0.15) is 5.75 Å². The summed E-state index contributed by atoms with van der Waals surface area (Å²) in [4.78, 5) is 70.8. The van der Waals surface area contributed by atoms with Crippen LogP contribution < -0.4 is 4.90 Å². The van der Waals surface area contributed by atoms with Gasteiger partial charge >= 0.3 is 0 Å². The van der Waals surface area contributed by atoms with E-state index in [0.29, 0.717) is 51.9 Å². The second-order valence-electron chi connectivity index (χ2n) is 13.9. The molecular weight excluding hydrogens is 590 g/mol. The monoisotopic (exact) mass is 627 g/mol. The molecule has 3 aromatic rings. The number of fused-ring (bicyclic) bond motifs is 4. The number of hydrogen-bond acceptors (Lipinski definition) is 6. The van der Waals surface area contributed by atoms with Gasteiger partial charge in [-0.25, -0.2) is 0 Å². The highest BCUT2D eigenvalue weighted by atomic mass is 16.3. The lowest BCUT2D eigenvalue weighted by Crippen LogP contribution is -2.55. The number of aryl methyl sites for hydroxylation is 2. The van der Waals surface area contributed by atoms with Crippen molar-refractivity contribution < 1.29 is 29.1 Å². The first-order valence-electron chi connectivity index (χ1n) is 16.2. The predicted molar refractivity (Wildman–Crippen MR) is 177 cm³/mol. The van der Waals surface area contributed by atoms with Crippen LogP contribution in [0.2, 0.25) is 0 Å². The van der Waals surface area contributed by atoms with Crippen LogP contribution in [0.5, 0.6) is 5.75 Å². The summed E-state index contributed by atoms with van der Waals surface area (Å²) >= 11 is 0. The minimum absolute atomic E-state index is 0.0740. The summed E-state index contributed by atoms with van der Waals surface area (Å²) in [7, 11) is 0. The van der Waals surface area contributed by atoms with Crippen LogP contribution in [0.3, 0.4) is 0 Å². The number of amides is 2. The maximum atomic E-state index is 14.4. The zero-order valence-electron chi connectivity index (χ0n) is 27.2. The quantitative estimate of drug-likeness (QED) is 0.199. The van der Waals surface area contributed by atoms with Gasteiger partial charge in [0.05, 0.1) is 22.9 Å². The van der Waals surface area contributed by atoms with Crippen molar-refractivity contribution in [2.75, 3.05) is 4.90 Å². The van der Waals surface area contributed by atoms with Crippen molar-refractivity contribution >= 4 is 34.9 Å². The lowest BCUT2D eigenvalue weighted by Gasteiger charge is -2.54. The van der Waals surface area contributed by atoms with Crippen LogP contribution in [0.1, 0.15) is 72.1 Å². The molecule has 47 heavy (non-hydrogen) atoms. The summed E-state index contributed by atoms with van der Waals surface area (Å²) in [5.74, 6) is -3.63. The average Bonchev–Trinajstić information content (AvgIpc) is 3.33. The summed E-state index contributed by atoms with van der Waals surface area (Å²) in [5.41, 5.74) is 4.31. The van der Waals surface area contributed by atoms with E-state index in [1.165, 1.54) is 4.90 Å². The molecule has 1 aliphatic heterocycles. The van der Waals surface area contributed by atoms with E-state index in [1.807, 2.05) is 45.0 Å². The highest BCUT2D eigenvalue weighted by molar-refractivity contribution is 6.23. The van der Waals surface area contributed by atoms with Crippen LogP contribution in [-0.4, -0.2) is 34.3 Å². The van der Waals surface area contributed by atoms with Gasteiger partial charge in [0.25, 0.3) is 0 Å². The summed E-state index contributed by atoms with van der Waals surface area (Å²) in [6.07, 6.45) is 2.66. The third-order valence-corrected chi connectivity index (χ3v) is 11.4. The molecule has 0 unspecified atom stereocenters. The number of anilines is 1. The van der Waals surface area contributed by atoms with Crippen LogP contribution in [0.15, 0.2) is 89.5 Å². The number of carbonyl (C=O) groups excluding carboxylic acids is 5. The molecule has 4 aliphatic rings. The van der Waals surface area contributed by atoms with E-state index in [4.69, 9.17) is 0 Å². The molecule has 0 radical (unpaired) electrons. The Hall–Kier alpha value is -4.91. The first kappa shape index (κ1) is 30.7. The SMILES string of the molecule is CC1=C(C)C(=O)[C@@]2(C)[C@@H](c3cc(C)c(O)c(C)c3)C3=CC[C@@H]4C(=O)N(c5ccc(C(=O)c6ccccc6)cc5)C(=O)[C@@H]4[C@@H]3C[C@H]2C1=O. The van der Waals surface area contributed by atoms with E-state index in [-0.39, 0.29) is 34.9 Å². The largest absolute Gasteiger partial charge is 0.507 e. The Bertz CT molecular complexity index is 1950. The van der Waals surface area contributed by atoms with E-state index in [2.05, 4.69) is 0 Å². The molecule has 1 N–H and O–H groups in total. The molecule has 3 aromatic carbocycles. The maximum absolute atomic E-state index is 14.4. The van der Waals surface area contributed by atoms with Crippen LogP contribution in [-0.2, 0) is 19.2 Å². The Morgan fingerprint density at radius 3 is 2.06 bits per heavy atom. The Balaban J connectivity index is 1.29. The van der Waals surface area contributed by atoms with E-state index >= 15 is 0 Å². The number of rotatable bonds is 4. The smallest absolute Gasteiger partial charge is 0.238 e. The first-order valence-corrected chi connectivity index (χ1v) is 16.2. The zero-order valence-corrected chi connectivity index (χ0v) is 27.2. The molecule has 0 aromatic heterocycles. The number of benzene rings is 3. The van der Waals surface area contributed by atoms with Gasteiger partial charge in [0.15, 0.2) is 17.3 Å². The summed E-state index contributed by atoms with van der Waals surface area (Å²) in [6.45, 7) is 8.93. The normalized spacial score (nSPS) is 28.6. The molecule has 2 amide bonds. The standard InChI is InChI=1S/C40H37NO6/c1-20-17-26(18-21(2)34(20)42)33-28-15-16-29-32(30(28)19-31-35(43)22(3)23(4)37(45)40(31,33)5)39(47)41(38(29)46)27-13-11-25(12-14-27)36(44)24-9-7-6-8-10-24/h6-15,17-18,29-33,42H,16,19H2,1-5H3/t29-,30+,31-,32-,33-,40+/m0/s1. The second kappa shape index (κ2) is 10.8. The molecule has 238 valence electrons. The number of imide groups is 1. The van der Waals surface area contributed by atoms with Gasteiger partial charge < -0.3 is 5.11 Å². The third kappa shape index (κ3) is 4.35. The number of allylic oxidation sites excluding steroid dienone is 4. The van der Waals surface area contributed by atoms with Gasteiger partial charge in [0, 0.05) is 23.0 Å². The van der Waals surface area contributed by atoms with Gasteiger partial charge in [-0.3, -0.25) is 28.9 Å².